The van der Waals surface area contributed by atoms with Gasteiger partial charge in [-0.2, -0.15) is 5.10 Å². The molecular formula is C21H34N4O3. The lowest BCUT2D eigenvalue weighted by molar-refractivity contribution is -0.140. The van der Waals surface area contributed by atoms with E-state index in [0.29, 0.717) is 31.8 Å². The van der Waals surface area contributed by atoms with Crippen molar-refractivity contribution in [3.8, 4) is 0 Å². The Hall–Kier alpha value is -1.89. The number of hydrogen-bond acceptors (Lipinski definition) is 4. The molecule has 1 saturated carbocycles. The summed E-state index contributed by atoms with van der Waals surface area (Å²) >= 11 is 0. The summed E-state index contributed by atoms with van der Waals surface area (Å²) in [5, 5.41) is 7.39. The van der Waals surface area contributed by atoms with Gasteiger partial charge in [0, 0.05) is 30.7 Å². The maximum absolute atomic E-state index is 12.9. The summed E-state index contributed by atoms with van der Waals surface area (Å²) in [5.74, 6) is 0.112. The highest BCUT2D eigenvalue weighted by molar-refractivity contribution is 5.93. The van der Waals surface area contributed by atoms with E-state index in [4.69, 9.17) is 4.74 Å². The average Bonchev–Trinajstić information content (AvgIpc) is 3.12. The van der Waals surface area contributed by atoms with Crippen LogP contribution in [0.4, 0.5) is 0 Å². The Kier molecular flexibility index (Phi) is 6.12. The third kappa shape index (κ3) is 4.24. The number of ether oxygens (including phenoxy) is 1. The van der Waals surface area contributed by atoms with Crippen LogP contribution in [0.1, 0.15) is 76.2 Å². The van der Waals surface area contributed by atoms with E-state index in [9.17, 15) is 9.59 Å². The molecule has 0 aromatic carbocycles. The van der Waals surface area contributed by atoms with E-state index in [1.807, 2.05) is 25.7 Å². The third-order valence-corrected chi connectivity index (χ3v) is 6.15. The molecule has 3 rings (SSSR count). The van der Waals surface area contributed by atoms with Gasteiger partial charge < -0.3 is 15.0 Å². The van der Waals surface area contributed by atoms with Crippen LogP contribution in [0.5, 0.6) is 0 Å². The fourth-order valence-electron chi connectivity index (χ4n) is 4.25. The summed E-state index contributed by atoms with van der Waals surface area (Å²) in [6, 6.07) is 0.216. The summed E-state index contributed by atoms with van der Waals surface area (Å²) in [6.07, 6.45) is 8.49. The molecule has 1 N–H and O–H groups in total. The second-order valence-corrected chi connectivity index (χ2v) is 8.89. The van der Waals surface area contributed by atoms with Crippen molar-refractivity contribution in [2.75, 3.05) is 26.2 Å². The van der Waals surface area contributed by atoms with Crippen LogP contribution in [0.2, 0.25) is 0 Å². The minimum Gasteiger partial charge on any atom is -0.370 e. The van der Waals surface area contributed by atoms with Gasteiger partial charge in [-0.1, -0.05) is 19.8 Å². The van der Waals surface area contributed by atoms with E-state index < -0.39 is 5.60 Å². The Morgan fingerprint density at radius 3 is 2.68 bits per heavy atom. The van der Waals surface area contributed by atoms with Crippen molar-refractivity contribution in [1.29, 1.82) is 0 Å². The standard InChI is InChI=1S/C21H34N4O3/c1-5-7-21(8-6-9-21)19(27)22-14-20(4)15-24(10-11-28-20)18(26)17-12-23-25(13-17)16(2)3/h12-13,16H,5-11,14-15H2,1-4H3,(H,22,27). The molecule has 2 fully saturated rings. The summed E-state index contributed by atoms with van der Waals surface area (Å²) in [4.78, 5) is 27.5. The molecule has 2 aliphatic rings. The number of nitrogens with one attached hydrogen (secondary N) is 1. The van der Waals surface area contributed by atoms with Crippen molar-refractivity contribution in [2.24, 2.45) is 5.41 Å². The Bertz CT molecular complexity index is 710. The normalized spacial score (nSPS) is 24.1. The van der Waals surface area contributed by atoms with Gasteiger partial charge in [0.05, 0.1) is 24.9 Å². The first-order valence-corrected chi connectivity index (χ1v) is 10.5. The number of carbonyl (C=O) groups excluding carboxylic acids is 2. The van der Waals surface area contributed by atoms with Gasteiger partial charge in [-0.05, 0) is 40.0 Å². The van der Waals surface area contributed by atoms with E-state index >= 15 is 0 Å². The van der Waals surface area contributed by atoms with Gasteiger partial charge in [0.1, 0.15) is 5.60 Å². The molecule has 1 aromatic rings. The predicted molar refractivity (Wildman–Crippen MR) is 107 cm³/mol. The number of rotatable bonds is 7. The molecular weight excluding hydrogens is 356 g/mol. The van der Waals surface area contributed by atoms with Crippen molar-refractivity contribution < 1.29 is 14.3 Å². The second-order valence-electron chi connectivity index (χ2n) is 8.89. The molecule has 2 heterocycles. The number of morpholine rings is 1. The summed E-state index contributed by atoms with van der Waals surface area (Å²) in [7, 11) is 0. The van der Waals surface area contributed by atoms with Crippen LogP contribution in [0.3, 0.4) is 0 Å². The topological polar surface area (TPSA) is 76.5 Å². The second kappa shape index (κ2) is 8.23. The average molecular weight is 391 g/mol. The van der Waals surface area contributed by atoms with Crippen molar-refractivity contribution in [2.45, 2.75) is 71.4 Å². The van der Waals surface area contributed by atoms with Gasteiger partial charge in [-0.25, -0.2) is 0 Å². The Labute approximate surface area is 167 Å². The maximum atomic E-state index is 12.9. The number of hydrogen-bond donors (Lipinski definition) is 1. The van der Waals surface area contributed by atoms with Crippen molar-refractivity contribution in [3.05, 3.63) is 18.0 Å². The largest absolute Gasteiger partial charge is 0.370 e. The SMILES string of the molecule is CCCC1(C(=O)NCC2(C)CN(C(=O)c3cnn(C(C)C)c3)CCO2)CCC1. The van der Waals surface area contributed by atoms with Gasteiger partial charge in [0.2, 0.25) is 5.91 Å². The van der Waals surface area contributed by atoms with Crippen LogP contribution in [-0.4, -0.2) is 58.3 Å². The highest BCUT2D eigenvalue weighted by Gasteiger charge is 2.44. The van der Waals surface area contributed by atoms with Crippen LogP contribution >= 0.6 is 0 Å². The minimum absolute atomic E-state index is 0.0332. The number of aromatic nitrogens is 2. The molecule has 2 amide bonds. The Balaban J connectivity index is 1.59. The molecule has 1 atom stereocenters. The van der Waals surface area contributed by atoms with Crippen LogP contribution in [0.25, 0.3) is 0 Å². The zero-order chi connectivity index (χ0) is 20.4. The Morgan fingerprint density at radius 2 is 2.11 bits per heavy atom. The molecule has 1 unspecified atom stereocenters. The Morgan fingerprint density at radius 1 is 1.36 bits per heavy atom. The molecule has 7 heteroatoms. The minimum atomic E-state index is -0.575. The zero-order valence-corrected chi connectivity index (χ0v) is 17.7. The van der Waals surface area contributed by atoms with Gasteiger partial charge >= 0.3 is 0 Å². The zero-order valence-electron chi connectivity index (χ0n) is 17.7. The monoisotopic (exact) mass is 390 g/mol. The van der Waals surface area contributed by atoms with Crippen molar-refractivity contribution >= 4 is 11.8 Å². The van der Waals surface area contributed by atoms with E-state index in [1.165, 1.54) is 0 Å². The third-order valence-electron chi connectivity index (χ3n) is 6.15. The first-order chi connectivity index (χ1) is 13.3. The van der Waals surface area contributed by atoms with Crippen LogP contribution in [0, 0.1) is 5.41 Å². The molecule has 1 aliphatic heterocycles. The fourth-order valence-corrected chi connectivity index (χ4v) is 4.25. The van der Waals surface area contributed by atoms with Crippen LogP contribution in [0.15, 0.2) is 12.4 Å². The van der Waals surface area contributed by atoms with E-state index in [-0.39, 0.29) is 23.3 Å². The lowest BCUT2D eigenvalue weighted by Gasteiger charge is -2.43. The van der Waals surface area contributed by atoms with Gasteiger partial charge in [-0.15, -0.1) is 0 Å². The molecule has 0 bridgehead atoms. The van der Waals surface area contributed by atoms with Crippen molar-refractivity contribution in [3.63, 3.8) is 0 Å². The first kappa shape index (κ1) is 20.8. The molecule has 0 spiro atoms. The summed E-state index contributed by atoms with van der Waals surface area (Å²) in [5.41, 5.74) is -0.159. The highest BCUT2D eigenvalue weighted by Crippen LogP contribution is 2.45. The van der Waals surface area contributed by atoms with Gasteiger partial charge in [0.15, 0.2) is 0 Å². The number of carbonyl (C=O) groups is 2. The lowest BCUT2D eigenvalue weighted by Crippen LogP contribution is -2.58. The van der Waals surface area contributed by atoms with Crippen molar-refractivity contribution in [1.82, 2.24) is 20.0 Å². The van der Waals surface area contributed by atoms with Crippen LogP contribution < -0.4 is 5.32 Å². The molecule has 0 radical (unpaired) electrons. The smallest absolute Gasteiger partial charge is 0.257 e. The maximum Gasteiger partial charge on any atom is 0.257 e. The van der Waals surface area contributed by atoms with E-state index in [1.54, 1.807) is 17.1 Å². The van der Waals surface area contributed by atoms with Gasteiger partial charge in [-0.3, -0.25) is 14.3 Å². The molecule has 28 heavy (non-hydrogen) atoms. The molecule has 1 aromatic heterocycles. The molecule has 7 nitrogen and oxygen atoms in total. The number of nitrogens with zero attached hydrogens (tertiary/aromatic N) is 3. The highest BCUT2D eigenvalue weighted by atomic mass is 16.5. The summed E-state index contributed by atoms with van der Waals surface area (Å²) in [6.45, 7) is 10.1. The van der Waals surface area contributed by atoms with Crippen LogP contribution in [-0.2, 0) is 9.53 Å². The molecule has 1 saturated heterocycles. The molecule has 1 aliphatic carbocycles. The predicted octanol–water partition coefficient (Wildman–Crippen LogP) is 2.78. The number of amides is 2. The first-order valence-electron chi connectivity index (χ1n) is 10.5. The van der Waals surface area contributed by atoms with Gasteiger partial charge in [0.25, 0.3) is 5.91 Å². The van der Waals surface area contributed by atoms with E-state index in [0.717, 1.165) is 32.1 Å². The lowest BCUT2D eigenvalue weighted by atomic mass is 9.65. The fraction of sp³-hybridized carbons (Fsp3) is 0.762. The van der Waals surface area contributed by atoms with E-state index in [2.05, 4.69) is 17.3 Å². The molecule has 156 valence electrons. The summed E-state index contributed by atoms with van der Waals surface area (Å²) < 4.78 is 7.76. The quantitative estimate of drug-likeness (QED) is 0.777.